The second kappa shape index (κ2) is 8.75. The fraction of sp³-hybridized carbons (Fsp3) is 0.562. The number of benzene rings is 1. The molecule has 0 aliphatic carbocycles. The van der Waals surface area contributed by atoms with Crippen LogP contribution in [0.1, 0.15) is 26.7 Å². The maximum Gasteiger partial charge on any atom is 0.263 e. The number of likely N-dealkylation sites (tertiary alicyclic amines) is 1. The van der Waals surface area contributed by atoms with E-state index in [2.05, 4.69) is 22.9 Å². The Morgan fingerprint density at radius 3 is 2.68 bits per heavy atom. The van der Waals surface area contributed by atoms with Gasteiger partial charge < -0.3 is 15.4 Å². The van der Waals surface area contributed by atoms with Crippen molar-refractivity contribution in [2.24, 2.45) is 11.7 Å². The molecule has 1 amide bonds. The van der Waals surface area contributed by atoms with Crippen molar-refractivity contribution >= 4 is 34.2 Å². The third kappa shape index (κ3) is 4.86. The lowest BCUT2D eigenvalue weighted by Crippen LogP contribution is -2.52. The van der Waals surface area contributed by atoms with Crippen LogP contribution < -0.4 is 10.5 Å². The molecule has 1 fully saturated rings. The van der Waals surface area contributed by atoms with Gasteiger partial charge in [-0.15, -0.1) is 12.4 Å². The zero-order valence-electron chi connectivity index (χ0n) is 13.0. The molecule has 3 atom stereocenters. The molecule has 1 heterocycles. The minimum atomic E-state index is -0.492. The minimum Gasteiger partial charge on any atom is -0.481 e. The standard InChI is InChI=1S/C16H23BrN2O2.ClH/c1-11-7-8-19(14(9-11)10-18)16(20)12(2)21-15-5-3-13(17)4-6-15;/h3-6,11-12,14H,7-10,18H2,1-2H3;1H. The third-order valence-electron chi connectivity index (χ3n) is 4.01. The van der Waals surface area contributed by atoms with E-state index in [-0.39, 0.29) is 24.4 Å². The van der Waals surface area contributed by atoms with E-state index in [0.717, 1.165) is 23.9 Å². The van der Waals surface area contributed by atoms with Crippen LogP contribution in [-0.4, -0.2) is 36.0 Å². The number of hydrogen-bond acceptors (Lipinski definition) is 3. The molecule has 0 aromatic heterocycles. The monoisotopic (exact) mass is 390 g/mol. The van der Waals surface area contributed by atoms with Crippen molar-refractivity contribution in [1.29, 1.82) is 0 Å². The summed E-state index contributed by atoms with van der Waals surface area (Å²) in [6, 6.07) is 7.64. The number of hydrogen-bond donors (Lipinski definition) is 1. The van der Waals surface area contributed by atoms with Crippen molar-refractivity contribution < 1.29 is 9.53 Å². The molecule has 124 valence electrons. The van der Waals surface area contributed by atoms with Crippen molar-refractivity contribution in [1.82, 2.24) is 4.90 Å². The summed E-state index contributed by atoms with van der Waals surface area (Å²) >= 11 is 3.38. The van der Waals surface area contributed by atoms with Crippen molar-refractivity contribution in [2.75, 3.05) is 13.1 Å². The number of halogens is 2. The summed E-state index contributed by atoms with van der Waals surface area (Å²) in [5, 5.41) is 0. The fourth-order valence-electron chi connectivity index (χ4n) is 2.77. The molecule has 0 saturated carbocycles. The van der Waals surface area contributed by atoms with Crippen LogP contribution in [0.5, 0.6) is 5.75 Å². The minimum absolute atomic E-state index is 0. The number of amides is 1. The molecule has 0 bridgehead atoms. The first-order chi connectivity index (χ1) is 10.0. The predicted molar refractivity (Wildman–Crippen MR) is 94.4 cm³/mol. The van der Waals surface area contributed by atoms with Gasteiger partial charge in [-0.25, -0.2) is 0 Å². The first kappa shape index (κ1) is 19.3. The molecule has 0 spiro atoms. The van der Waals surface area contributed by atoms with Gasteiger partial charge in [0.2, 0.25) is 0 Å². The molecule has 2 rings (SSSR count). The van der Waals surface area contributed by atoms with Crippen LogP contribution >= 0.6 is 28.3 Å². The molecule has 3 unspecified atom stereocenters. The average Bonchev–Trinajstić information content (AvgIpc) is 2.48. The quantitative estimate of drug-likeness (QED) is 0.857. The highest BCUT2D eigenvalue weighted by molar-refractivity contribution is 9.10. The maximum atomic E-state index is 12.6. The summed E-state index contributed by atoms with van der Waals surface area (Å²) < 4.78 is 6.74. The summed E-state index contributed by atoms with van der Waals surface area (Å²) in [5.41, 5.74) is 5.82. The normalized spacial score (nSPS) is 22.6. The van der Waals surface area contributed by atoms with E-state index in [1.807, 2.05) is 29.2 Å². The number of carbonyl (C=O) groups excluding carboxylic acids is 1. The number of nitrogens with two attached hydrogens (primary N) is 1. The molecule has 1 aromatic carbocycles. The maximum absolute atomic E-state index is 12.6. The van der Waals surface area contributed by atoms with E-state index in [9.17, 15) is 4.79 Å². The highest BCUT2D eigenvalue weighted by Gasteiger charge is 2.32. The largest absolute Gasteiger partial charge is 0.481 e. The van der Waals surface area contributed by atoms with E-state index < -0.39 is 6.10 Å². The highest BCUT2D eigenvalue weighted by Crippen LogP contribution is 2.24. The van der Waals surface area contributed by atoms with Gasteiger partial charge in [0, 0.05) is 23.6 Å². The first-order valence-electron chi connectivity index (χ1n) is 7.44. The van der Waals surface area contributed by atoms with Gasteiger partial charge in [0.25, 0.3) is 5.91 Å². The lowest BCUT2D eigenvalue weighted by Gasteiger charge is -2.39. The Labute approximate surface area is 146 Å². The van der Waals surface area contributed by atoms with Crippen LogP contribution in [-0.2, 0) is 4.79 Å². The van der Waals surface area contributed by atoms with Crippen molar-refractivity contribution in [3.05, 3.63) is 28.7 Å². The third-order valence-corrected chi connectivity index (χ3v) is 4.54. The SMILES string of the molecule is CC1CCN(C(=O)C(C)Oc2ccc(Br)cc2)C(CN)C1.Cl. The van der Waals surface area contributed by atoms with Gasteiger partial charge >= 0.3 is 0 Å². The zero-order chi connectivity index (χ0) is 15.4. The molecule has 1 aliphatic heterocycles. The van der Waals surface area contributed by atoms with E-state index >= 15 is 0 Å². The van der Waals surface area contributed by atoms with Crippen LogP contribution in [0.15, 0.2) is 28.7 Å². The summed E-state index contributed by atoms with van der Waals surface area (Å²) in [6.07, 6.45) is 1.52. The van der Waals surface area contributed by atoms with E-state index in [1.165, 1.54) is 0 Å². The van der Waals surface area contributed by atoms with Gasteiger partial charge in [-0.3, -0.25) is 4.79 Å². The first-order valence-corrected chi connectivity index (χ1v) is 8.23. The molecular weight excluding hydrogens is 368 g/mol. The smallest absolute Gasteiger partial charge is 0.263 e. The number of ether oxygens (including phenoxy) is 1. The average molecular weight is 392 g/mol. The van der Waals surface area contributed by atoms with Gasteiger partial charge in [-0.2, -0.15) is 0 Å². The molecule has 1 aliphatic rings. The number of rotatable bonds is 4. The van der Waals surface area contributed by atoms with Crippen molar-refractivity contribution in [2.45, 2.75) is 38.8 Å². The molecule has 6 heteroatoms. The van der Waals surface area contributed by atoms with Gasteiger partial charge in [-0.05, 0) is 49.9 Å². The van der Waals surface area contributed by atoms with Gasteiger partial charge in [0.15, 0.2) is 6.10 Å². The molecule has 22 heavy (non-hydrogen) atoms. The lowest BCUT2D eigenvalue weighted by molar-refractivity contribution is -0.142. The van der Waals surface area contributed by atoms with Crippen LogP contribution in [0, 0.1) is 5.92 Å². The van der Waals surface area contributed by atoms with Gasteiger partial charge in [0.1, 0.15) is 5.75 Å². The Hall–Kier alpha value is -0.780. The zero-order valence-corrected chi connectivity index (χ0v) is 15.4. The number of carbonyl (C=O) groups is 1. The van der Waals surface area contributed by atoms with E-state index in [1.54, 1.807) is 6.92 Å². The molecule has 2 N–H and O–H groups in total. The van der Waals surface area contributed by atoms with Crippen LogP contribution in [0.4, 0.5) is 0 Å². The summed E-state index contributed by atoms with van der Waals surface area (Å²) in [7, 11) is 0. The molecule has 1 aromatic rings. The summed E-state index contributed by atoms with van der Waals surface area (Å²) in [5.74, 6) is 1.36. The van der Waals surface area contributed by atoms with Crippen LogP contribution in [0.25, 0.3) is 0 Å². The molecular formula is C16H24BrClN2O2. The van der Waals surface area contributed by atoms with E-state index in [4.69, 9.17) is 10.5 Å². The summed E-state index contributed by atoms with van der Waals surface area (Å²) in [4.78, 5) is 14.5. The second-order valence-electron chi connectivity index (χ2n) is 5.76. The Morgan fingerprint density at radius 2 is 2.09 bits per heavy atom. The van der Waals surface area contributed by atoms with Crippen LogP contribution in [0.2, 0.25) is 0 Å². The number of piperidine rings is 1. The summed E-state index contributed by atoms with van der Waals surface area (Å²) in [6.45, 7) is 5.30. The number of nitrogens with zero attached hydrogens (tertiary/aromatic N) is 1. The van der Waals surface area contributed by atoms with Crippen LogP contribution in [0.3, 0.4) is 0 Å². The second-order valence-corrected chi connectivity index (χ2v) is 6.68. The van der Waals surface area contributed by atoms with Gasteiger partial charge in [0.05, 0.1) is 0 Å². The molecule has 4 nitrogen and oxygen atoms in total. The van der Waals surface area contributed by atoms with Crippen molar-refractivity contribution in [3.63, 3.8) is 0 Å². The molecule has 0 radical (unpaired) electrons. The fourth-order valence-corrected chi connectivity index (χ4v) is 3.03. The topological polar surface area (TPSA) is 55.6 Å². The lowest BCUT2D eigenvalue weighted by atomic mass is 9.92. The Bertz CT molecular complexity index is 484. The molecule has 1 saturated heterocycles. The Kier molecular flexibility index (Phi) is 7.66. The Balaban J connectivity index is 0.00000242. The predicted octanol–water partition coefficient (Wildman–Crippen LogP) is 3.22. The van der Waals surface area contributed by atoms with Crippen molar-refractivity contribution in [3.8, 4) is 5.75 Å². The Morgan fingerprint density at radius 1 is 1.45 bits per heavy atom. The highest BCUT2D eigenvalue weighted by atomic mass is 79.9. The van der Waals surface area contributed by atoms with Gasteiger partial charge in [-0.1, -0.05) is 22.9 Å². The van der Waals surface area contributed by atoms with E-state index in [0.29, 0.717) is 18.2 Å².